The molecule has 2 aromatic carbocycles. The lowest BCUT2D eigenvalue weighted by molar-refractivity contribution is -0.116. The Kier molecular flexibility index (Phi) is 4.59. The fraction of sp³-hybridized carbons (Fsp3) is 0.133. The van der Waals surface area contributed by atoms with Gasteiger partial charge in [0.2, 0.25) is 15.2 Å². The zero-order valence-electron chi connectivity index (χ0n) is 11.4. The number of carbonyl (C=O) groups is 1. The Morgan fingerprint density at radius 2 is 1.48 bits per heavy atom. The topological polar surface area (TPSA) is 75.9 Å². The number of azo groups is 1. The molecule has 21 heavy (non-hydrogen) atoms. The monoisotopic (exact) mass is 302 g/mol. The number of Topliss-reactive ketones (excluding diaryl/α,β-unsaturated/α-hetero) is 1. The minimum Gasteiger partial charge on any atom is -0.296 e. The number of benzene rings is 2. The Balaban J connectivity index is 2.36. The average molecular weight is 302 g/mol. The van der Waals surface area contributed by atoms with E-state index in [-0.39, 0.29) is 4.90 Å². The second kappa shape index (κ2) is 6.41. The van der Waals surface area contributed by atoms with Gasteiger partial charge in [0.25, 0.3) is 0 Å². The Bertz CT molecular complexity index is 741. The molecule has 0 aliphatic carbocycles. The van der Waals surface area contributed by atoms with Gasteiger partial charge in [-0.25, -0.2) is 8.42 Å². The fourth-order valence-electron chi connectivity index (χ4n) is 1.71. The summed E-state index contributed by atoms with van der Waals surface area (Å²) in [6, 6.07) is 16.4. The number of ketones is 1. The van der Waals surface area contributed by atoms with Gasteiger partial charge in [0.1, 0.15) is 0 Å². The molecule has 0 fully saturated rings. The third-order valence-electron chi connectivity index (χ3n) is 2.75. The first kappa shape index (κ1) is 15.1. The van der Waals surface area contributed by atoms with Crippen molar-refractivity contribution in [2.45, 2.75) is 17.2 Å². The minimum absolute atomic E-state index is 0.0530. The second-order valence-electron chi connectivity index (χ2n) is 4.37. The lowest BCUT2D eigenvalue weighted by Gasteiger charge is -2.09. The Labute approximate surface area is 123 Å². The molecular formula is C15H14N2O3S. The summed E-state index contributed by atoms with van der Waals surface area (Å²) in [6.07, 6.45) is 0. The number of hydrogen-bond donors (Lipinski definition) is 0. The molecule has 0 heterocycles. The predicted octanol–water partition coefficient (Wildman–Crippen LogP) is 3.16. The van der Waals surface area contributed by atoms with E-state index in [4.69, 9.17) is 0 Å². The van der Waals surface area contributed by atoms with E-state index in [2.05, 4.69) is 10.2 Å². The van der Waals surface area contributed by atoms with Crippen LogP contribution in [0.1, 0.15) is 6.92 Å². The average Bonchev–Trinajstić information content (AvgIpc) is 2.49. The van der Waals surface area contributed by atoms with Crippen LogP contribution in [0.25, 0.3) is 0 Å². The van der Waals surface area contributed by atoms with Gasteiger partial charge in [-0.2, -0.15) is 10.2 Å². The number of rotatable bonds is 5. The molecule has 0 aliphatic rings. The number of nitrogens with zero attached hydrogens (tertiary/aromatic N) is 2. The minimum atomic E-state index is -3.88. The molecule has 0 aliphatic heterocycles. The molecular weight excluding hydrogens is 288 g/mol. The van der Waals surface area contributed by atoms with Crippen molar-refractivity contribution in [3.63, 3.8) is 0 Å². The largest absolute Gasteiger partial charge is 0.296 e. The van der Waals surface area contributed by atoms with E-state index in [1.165, 1.54) is 19.1 Å². The van der Waals surface area contributed by atoms with Crippen LogP contribution in [-0.4, -0.2) is 19.6 Å². The lowest BCUT2D eigenvalue weighted by Crippen LogP contribution is -2.26. The molecule has 0 N–H and O–H groups in total. The summed E-state index contributed by atoms with van der Waals surface area (Å²) in [5.74, 6) is -0.571. The zero-order chi connectivity index (χ0) is 15.3. The Morgan fingerprint density at radius 1 is 0.952 bits per heavy atom. The van der Waals surface area contributed by atoms with Crippen LogP contribution in [0, 0.1) is 0 Å². The smallest absolute Gasteiger partial charge is 0.234 e. The molecule has 108 valence electrons. The Hall–Kier alpha value is -2.34. The highest BCUT2D eigenvalue weighted by molar-refractivity contribution is 7.92. The highest BCUT2D eigenvalue weighted by Gasteiger charge is 2.31. The van der Waals surface area contributed by atoms with Crippen LogP contribution >= 0.6 is 0 Å². The maximum atomic E-state index is 12.4. The van der Waals surface area contributed by atoms with Crippen LogP contribution < -0.4 is 0 Å². The van der Waals surface area contributed by atoms with Crippen LogP contribution in [0.4, 0.5) is 5.69 Å². The van der Waals surface area contributed by atoms with Crippen molar-refractivity contribution in [3.05, 3.63) is 60.7 Å². The van der Waals surface area contributed by atoms with E-state index in [1.54, 1.807) is 42.5 Å². The molecule has 6 heteroatoms. The summed E-state index contributed by atoms with van der Waals surface area (Å²) in [4.78, 5) is 11.7. The van der Waals surface area contributed by atoms with Gasteiger partial charge in [-0.05, 0) is 31.2 Å². The van der Waals surface area contributed by atoms with Crippen LogP contribution in [0.3, 0.4) is 0 Å². The molecule has 0 aromatic heterocycles. The van der Waals surface area contributed by atoms with Crippen LogP contribution in [-0.2, 0) is 14.6 Å². The van der Waals surface area contributed by atoms with Crippen molar-refractivity contribution in [2.24, 2.45) is 10.2 Å². The molecule has 0 amide bonds. The number of carbonyl (C=O) groups excluding carboxylic acids is 1. The van der Waals surface area contributed by atoms with Crippen LogP contribution in [0.2, 0.25) is 0 Å². The van der Waals surface area contributed by atoms with E-state index in [1.807, 2.05) is 6.07 Å². The van der Waals surface area contributed by atoms with Crippen molar-refractivity contribution < 1.29 is 13.2 Å². The molecule has 2 aromatic rings. The molecule has 0 saturated carbocycles. The third-order valence-corrected chi connectivity index (χ3v) is 4.69. The fourth-order valence-corrected chi connectivity index (χ4v) is 3.12. The summed E-state index contributed by atoms with van der Waals surface area (Å²) in [7, 11) is -3.88. The van der Waals surface area contributed by atoms with E-state index in [0.29, 0.717) is 5.69 Å². The van der Waals surface area contributed by atoms with E-state index < -0.39 is 21.0 Å². The second-order valence-corrected chi connectivity index (χ2v) is 6.38. The van der Waals surface area contributed by atoms with Gasteiger partial charge in [-0.1, -0.05) is 36.4 Å². The highest BCUT2D eigenvalue weighted by Crippen LogP contribution is 2.20. The predicted molar refractivity (Wildman–Crippen MR) is 79.1 cm³/mol. The van der Waals surface area contributed by atoms with Gasteiger partial charge >= 0.3 is 0 Å². The summed E-state index contributed by atoms with van der Waals surface area (Å²) in [5.41, 5.74) is 0.493. The van der Waals surface area contributed by atoms with Crippen molar-refractivity contribution in [1.82, 2.24) is 0 Å². The lowest BCUT2D eigenvalue weighted by atomic mass is 10.3. The molecule has 1 unspecified atom stereocenters. The van der Waals surface area contributed by atoms with E-state index >= 15 is 0 Å². The van der Waals surface area contributed by atoms with Gasteiger partial charge in [-0.15, -0.1) is 0 Å². The standard InChI is InChI=1S/C15H14N2O3S/c1-12(18)15(17-16-13-8-4-2-5-9-13)21(19,20)14-10-6-3-7-11-14/h2-11,15H,1H3. The maximum absolute atomic E-state index is 12.4. The van der Waals surface area contributed by atoms with Crippen molar-refractivity contribution in [1.29, 1.82) is 0 Å². The van der Waals surface area contributed by atoms with Crippen LogP contribution in [0.15, 0.2) is 75.8 Å². The third kappa shape index (κ3) is 3.61. The van der Waals surface area contributed by atoms with Gasteiger partial charge in [0, 0.05) is 0 Å². The normalized spacial score (nSPS) is 13.2. The van der Waals surface area contributed by atoms with E-state index in [0.717, 1.165) is 0 Å². The quantitative estimate of drug-likeness (QED) is 0.796. The van der Waals surface area contributed by atoms with Crippen LogP contribution in [0.5, 0.6) is 0 Å². The molecule has 2 rings (SSSR count). The summed E-state index contributed by atoms with van der Waals surface area (Å²) in [5, 5.41) is 6.05. The van der Waals surface area contributed by atoms with Crippen molar-refractivity contribution >= 4 is 21.3 Å². The molecule has 1 atom stereocenters. The van der Waals surface area contributed by atoms with Crippen molar-refractivity contribution in [2.75, 3.05) is 0 Å². The van der Waals surface area contributed by atoms with Gasteiger partial charge < -0.3 is 0 Å². The molecule has 0 spiro atoms. The summed E-state index contributed by atoms with van der Waals surface area (Å²) < 4.78 is 24.8. The summed E-state index contributed by atoms with van der Waals surface area (Å²) in [6.45, 7) is 1.19. The molecule has 0 radical (unpaired) electrons. The van der Waals surface area contributed by atoms with Gasteiger partial charge in [-0.3, -0.25) is 4.79 Å². The first-order chi connectivity index (χ1) is 10.0. The SMILES string of the molecule is CC(=O)C(N=Nc1ccccc1)S(=O)(=O)c1ccccc1. The molecule has 0 saturated heterocycles. The summed E-state index contributed by atoms with van der Waals surface area (Å²) >= 11 is 0. The first-order valence-electron chi connectivity index (χ1n) is 6.27. The number of hydrogen-bond acceptors (Lipinski definition) is 5. The Morgan fingerprint density at radius 3 is 2.00 bits per heavy atom. The molecule has 5 nitrogen and oxygen atoms in total. The van der Waals surface area contributed by atoms with Crippen molar-refractivity contribution in [3.8, 4) is 0 Å². The van der Waals surface area contributed by atoms with E-state index in [9.17, 15) is 13.2 Å². The number of sulfone groups is 1. The first-order valence-corrected chi connectivity index (χ1v) is 7.82. The zero-order valence-corrected chi connectivity index (χ0v) is 12.2. The van der Waals surface area contributed by atoms with Gasteiger partial charge in [0.15, 0.2) is 5.78 Å². The molecule has 0 bridgehead atoms. The highest BCUT2D eigenvalue weighted by atomic mass is 32.2. The van der Waals surface area contributed by atoms with Gasteiger partial charge in [0.05, 0.1) is 10.6 Å². The maximum Gasteiger partial charge on any atom is 0.234 e.